The lowest BCUT2D eigenvalue weighted by atomic mass is 10.2. The highest BCUT2D eigenvalue weighted by Gasteiger charge is 2.16. The highest BCUT2D eigenvalue weighted by atomic mass is 79.9. The highest BCUT2D eigenvalue weighted by molar-refractivity contribution is 9.10. The Labute approximate surface area is 104 Å². The van der Waals surface area contributed by atoms with Crippen LogP contribution in [0.5, 0.6) is 0 Å². The van der Waals surface area contributed by atoms with E-state index in [0.29, 0.717) is 0 Å². The van der Waals surface area contributed by atoms with Gasteiger partial charge >= 0.3 is 0 Å². The van der Waals surface area contributed by atoms with Gasteiger partial charge in [-0.2, -0.15) is 0 Å². The molecule has 1 aromatic rings. The smallest absolute Gasteiger partial charge is 0.253 e. The molecule has 16 heavy (non-hydrogen) atoms. The minimum Gasteiger partial charge on any atom is -0.337 e. The topological polar surface area (TPSA) is 32.3 Å². The van der Waals surface area contributed by atoms with Gasteiger partial charge in [0.2, 0.25) is 0 Å². The van der Waals surface area contributed by atoms with Gasteiger partial charge in [0, 0.05) is 29.7 Å². The Morgan fingerprint density at radius 3 is 2.69 bits per heavy atom. The van der Waals surface area contributed by atoms with Crippen LogP contribution in [0.1, 0.15) is 16.8 Å². The molecular formula is C12H15BrN2O. The van der Waals surface area contributed by atoms with E-state index in [9.17, 15) is 4.79 Å². The van der Waals surface area contributed by atoms with E-state index in [2.05, 4.69) is 21.2 Å². The first-order chi connectivity index (χ1) is 7.77. The summed E-state index contributed by atoms with van der Waals surface area (Å²) < 4.78 is 1.00. The Balaban J connectivity index is 2.08. The van der Waals surface area contributed by atoms with E-state index >= 15 is 0 Å². The standard InChI is InChI=1S/C12H15BrN2O/c13-11-4-2-10(3-5-11)12(16)15-8-1-6-14-7-9-15/h2-5,14H,1,6-9H2. The molecule has 4 heteroatoms. The molecule has 1 aromatic carbocycles. The van der Waals surface area contributed by atoms with Gasteiger partial charge in [0.25, 0.3) is 5.91 Å². The van der Waals surface area contributed by atoms with Crippen LogP contribution in [0.3, 0.4) is 0 Å². The van der Waals surface area contributed by atoms with Gasteiger partial charge in [0.15, 0.2) is 0 Å². The molecule has 0 aromatic heterocycles. The minimum atomic E-state index is 0.135. The van der Waals surface area contributed by atoms with Crippen LogP contribution in [0.25, 0.3) is 0 Å². The summed E-state index contributed by atoms with van der Waals surface area (Å²) >= 11 is 3.37. The maximum Gasteiger partial charge on any atom is 0.253 e. The Morgan fingerprint density at radius 1 is 1.19 bits per heavy atom. The fraction of sp³-hybridized carbons (Fsp3) is 0.417. The van der Waals surface area contributed by atoms with Crippen molar-refractivity contribution in [2.24, 2.45) is 0 Å². The summed E-state index contributed by atoms with van der Waals surface area (Å²) in [5.41, 5.74) is 0.769. The van der Waals surface area contributed by atoms with Crippen molar-refractivity contribution in [1.82, 2.24) is 10.2 Å². The number of amides is 1. The Hall–Kier alpha value is -0.870. The summed E-state index contributed by atoms with van der Waals surface area (Å²) in [5.74, 6) is 0.135. The van der Waals surface area contributed by atoms with Gasteiger partial charge in [0.1, 0.15) is 0 Å². The maximum absolute atomic E-state index is 12.1. The van der Waals surface area contributed by atoms with Gasteiger partial charge in [-0.1, -0.05) is 15.9 Å². The number of halogens is 1. The number of nitrogens with zero attached hydrogens (tertiary/aromatic N) is 1. The molecule has 0 saturated carbocycles. The number of nitrogens with one attached hydrogen (secondary N) is 1. The molecule has 1 saturated heterocycles. The van der Waals surface area contributed by atoms with Crippen molar-refractivity contribution in [3.8, 4) is 0 Å². The van der Waals surface area contributed by atoms with Gasteiger partial charge in [-0.05, 0) is 37.2 Å². The molecular weight excluding hydrogens is 268 g/mol. The molecule has 1 aliphatic rings. The predicted molar refractivity (Wildman–Crippen MR) is 67.5 cm³/mol. The molecule has 1 aliphatic heterocycles. The number of carbonyl (C=O) groups is 1. The molecule has 0 spiro atoms. The van der Waals surface area contributed by atoms with Crippen molar-refractivity contribution < 1.29 is 4.79 Å². The number of hydrogen-bond acceptors (Lipinski definition) is 2. The normalized spacial score (nSPS) is 16.9. The Morgan fingerprint density at radius 2 is 1.94 bits per heavy atom. The van der Waals surface area contributed by atoms with Crippen LogP contribution in [-0.2, 0) is 0 Å². The van der Waals surface area contributed by atoms with E-state index in [-0.39, 0.29) is 5.91 Å². The lowest BCUT2D eigenvalue weighted by Gasteiger charge is -2.19. The molecule has 1 heterocycles. The van der Waals surface area contributed by atoms with Gasteiger partial charge in [-0.25, -0.2) is 0 Å². The number of benzene rings is 1. The summed E-state index contributed by atoms with van der Waals surface area (Å²) in [6.07, 6.45) is 1.03. The van der Waals surface area contributed by atoms with Crippen LogP contribution in [-0.4, -0.2) is 37.0 Å². The van der Waals surface area contributed by atoms with Crippen LogP contribution in [0, 0.1) is 0 Å². The second-order valence-corrected chi connectivity index (χ2v) is 4.82. The molecule has 1 amide bonds. The Bertz CT molecular complexity index is 356. The zero-order valence-corrected chi connectivity index (χ0v) is 10.7. The third kappa shape index (κ3) is 2.83. The zero-order chi connectivity index (χ0) is 11.4. The summed E-state index contributed by atoms with van der Waals surface area (Å²) in [6, 6.07) is 7.54. The number of hydrogen-bond donors (Lipinski definition) is 1. The number of rotatable bonds is 1. The third-order valence-corrected chi connectivity index (χ3v) is 3.25. The van der Waals surface area contributed by atoms with Gasteiger partial charge in [-0.3, -0.25) is 4.79 Å². The molecule has 0 atom stereocenters. The minimum absolute atomic E-state index is 0.135. The average Bonchev–Trinajstić information content (AvgIpc) is 2.57. The van der Waals surface area contributed by atoms with Gasteiger partial charge < -0.3 is 10.2 Å². The van der Waals surface area contributed by atoms with Crippen molar-refractivity contribution in [3.05, 3.63) is 34.3 Å². The molecule has 0 radical (unpaired) electrons. The van der Waals surface area contributed by atoms with Crippen molar-refractivity contribution >= 4 is 21.8 Å². The van der Waals surface area contributed by atoms with Gasteiger partial charge in [-0.15, -0.1) is 0 Å². The van der Waals surface area contributed by atoms with Gasteiger partial charge in [0.05, 0.1) is 0 Å². The summed E-state index contributed by atoms with van der Waals surface area (Å²) in [6.45, 7) is 3.54. The van der Waals surface area contributed by atoms with Crippen molar-refractivity contribution in [1.29, 1.82) is 0 Å². The van der Waals surface area contributed by atoms with Crippen molar-refractivity contribution in [3.63, 3.8) is 0 Å². The summed E-state index contributed by atoms with van der Waals surface area (Å²) in [4.78, 5) is 14.1. The second-order valence-electron chi connectivity index (χ2n) is 3.90. The van der Waals surface area contributed by atoms with E-state index in [0.717, 1.165) is 42.6 Å². The fourth-order valence-electron chi connectivity index (χ4n) is 1.82. The average molecular weight is 283 g/mol. The first-order valence-electron chi connectivity index (χ1n) is 5.53. The van der Waals surface area contributed by atoms with E-state index in [4.69, 9.17) is 0 Å². The lowest BCUT2D eigenvalue weighted by molar-refractivity contribution is 0.0766. The Kier molecular flexibility index (Phi) is 3.96. The molecule has 2 rings (SSSR count). The van der Waals surface area contributed by atoms with Crippen LogP contribution >= 0.6 is 15.9 Å². The highest BCUT2D eigenvalue weighted by Crippen LogP contribution is 2.12. The van der Waals surface area contributed by atoms with E-state index in [1.165, 1.54) is 0 Å². The quantitative estimate of drug-likeness (QED) is 0.853. The largest absolute Gasteiger partial charge is 0.337 e. The summed E-state index contributed by atoms with van der Waals surface area (Å²) in [7, 11) is 0. The van der Waals surface area contributed by atoms with Crippen LogP contribution in [0.4, 0.5) is 0 Å². The molecule has 3 nitrogen and oxygen atoms in total. The second kappa shape index (κ2) is 5.46. The first-order valence-corrected chi connectivity index (χ1v) is 6.32. The van der Waals surface area contributed by atoms with Crippen molar-refractivity contribution in [2.75, 3.05) is 26.2 Å². The van der Waals surface area contributed by atoms with E-state index in [1.54, 1.807) is 0 Å². The molecule has 0 aliphatic carbocycles. The molecule has 86 valence electrons. The molecule has 1 N–H and O–H groups in total. The maximum atomic E-state index is 12.1. The van der Waals surface area contributed by atoms with Crippen molar-refractivity contribution in [2.45, 2.75) is 6.42 Å². The van der Waals surface area contributed by atoms with E-state index in [1.807, 2.05) is 29.2 Å². The lowest BCUT2D eigenvalue weighted by Crippen LogP contribution is -2.34. The number of carbonyl (C=O) groups excluding carboxylic acids is 1. The van der Waals surface area contributed by atoms with E-state index < -0.39 is 0 Å². The molecule has 0 unspecified atom stereocenters. The van der Waals surface area contributed by atoms with Crippen LogP contribution < -0.4 is 5.32 Å². The SMILES string of the molecule is O=C(c1ccc(Br)cc1)N1CCCNCC1. The van der Waals surface area contributed by atoms with Crippen LogP contribution in [0.15, 0.2) is 28.7 Å². The molecule has 1 fully saturated rings. The first kappa shape index (κ1) is 11.6. The zero-order valence-electron chi connectivity index (χ0n) is 9.08. The summed E-state index contributed by atoms with van der Waals surface area (Å²) in [5, 5.41) is 3.29. The predicted octanol–water partition coefficient (Wildman–Crippen LogP) is 1.88. The third-order valence-electron chi connectivity index (χ3n) is 2.72. The monoisotopic (exact) mass is 282 g/mol. The van der Waals surface area contributed by atoms with Crippen LogP contribution in [0.2, 0.25) is 0 Å². The fourth-order valence-corrected chi connectivity index (χ4v) is 2.09. The molecule has 0 bridgehead atoms.